The van der Waals surface area contributed by atoms with Crippen molar-refractivity contribution in [1.82, 2.24) is 4.98 Å². The van der Waals surface area contributed by atoms with Crippen molar-refractivity contribution < 1.29 is 18.3 Å². The predicted molar refractivity (Wildman–Crippen MR) is 92.7 cm³/mol. The summed E-state index contributed by atoms with van der Waals surface area (Å²) in [5.41, 5.74) is 1.84. The largest absolute Gasteiger partial charge is 0.391 e. The third-order valence-corrected chi connectivity index (χ3v) is 6.38. The van der Waals surface area contributed by atoms with E-state index in [0.717, 1.165) is 21.1 Å². The maximum Gasteiger partial charge on any atom is 0.391 e. The van der Waals surface area contributed by atoms with Gasteiger partial charge in [-0.25, -0.2) is 4.98 Å². The summed E-state index contributed by atoms with van der Waals surface area (Å²) in [6.07, 6.45) is -2.80. The summed E-state index contributed by atoms with van der Waals surface area (Å²) in [6.45, 7) is 1.87. The van der Waals surface area contributed by atoms with Gasteiger partial charge in [0.25, 0.3) is 0 Å². The molecule has 25 heavy (non-hydrogen) atoms. The Hall–Kier alpha value is -1.40. The van der Waals surface area contributed by atoms with Gasteiger partial charge in [0.15, 0.2) is 0 Å². The van der Waals surface area contributed by atoms with E-state index in [1.54, 1.807) is 0 Å². The van der Waals surface area contributed by atoms with Crippen LogP contribution in [0.15, 0.2) is 30.3 Å². The number of rotatable bonds is 4. The van der Waals surface area contributed by atoms with Gasteiger partial charge in [0, 0.05) is 12.3 Å². The van der Waals surface area contributed by atoms with Gasteiger partial charge in [-0.1, -0.05) is 30.3 Å². The fraction of sp³-hybridized carbons (Fsp3) is 0.526. The minimum atomic E-state index is -4.08. The fourth-order valence-electron chi connectivity index (χ4n) is 3.51. The Balaban J connectivity index is 1.66. The maximum absolute atomic E-state index is 12.8. The number of aryl methyl sites for hydroxylation is 1. The molecule has 0 radical (unpaired) electrons. The van der Waals surface area contributed by atoms with E-state index in [4.69, 9.17) is 0 Å². The molecule has 3 rings (SSSR count). The molecule has 1 atom stereocenters. The predicted octanol–water partition coefficient (Wildman–Crippen LogP) is 5.56. The Morgan fingerprint density at radius 2 is 1.80 bits per heavy atom. The van der Waals surface area contributed by atoms with E-state index in [0.29, 0.717) is 19.3 Å². The summed E-state index contributed by atoms with van der Waals surface area (Å²) >= 11 is 1.46. The Kier molecular flexibility index (Phi) is 5.49. The average molecular weight is 369 g/mol. The Labute approximate surface area is 149 Å². The highest BCUT2D eigenvalue weighted by atomic mass is 32.1. The van der Waals surface area contributed by atoms with Crippen molar-refractivity contribution in [2.75, 3.05) is 0 Å². The van der Waals surface area contributed by atoms with Crippen molar-refractivity contribution in [3.63, 3.8) is 0 Å². The number of thiazole rings is 1. The van der Waals surface area contributed by atoms with Crippen molar-refractivity contribution >= 4 is 11.3 Å². The number of halogens is 3. The van der Waals surface area contributed by atoms with Gasteiger partial charge >= 0.3 is 6.18 Å². The third kappa shape index (κ3) is 4.42. The normalized spacial score (nSPS) is 22.8. The van der Waals surface area contributed by atoms with Crippen LogP contribution in [0.3, 0.4) is 0 Å². The SMILES string of the molecule is Cc1nc(C2CCC(C(F)(F)F)CC2)sc1C(O)Cc1ccccc1. The lowest BCUT2D eigenvalue weighted by Crippen LogP contribution is -2.27. The number of alkyl halides is 3. The molecular weight excluding hydrogens is 347 g/mol. The van der Waals surface area contributed by atoms with Crippen LogP contribution in [0.1, 0.15) is 58.8 Å². The van der Waals surface area contributed by atoms with E-state index in [9.17, 15) is 18.3 Å². The van der Waals surface area contributed by atoms with E-state index >= 15 is 0 Å². The number of nitrogens with zero attached hydrogens (tertiary/aromatic N) is 1. The van der Waals surface area contributed by atoms with Crippen LogP contribution in [0.2, 0.25) is 0 Å². The van der Waals surface area contributed by atoms with Crippen LogP contribution in [0.25, 0.3) is 0 Å². The average Bonchev–Trinajstić information content (AvgIpc) is 2.97. The Morgan fingerprint density at radius 3 is 2.40 bits per heavy atom. The molecule has 1 aliphatic carbocycles. The zero-order valence-corrected chi connectivity index (χ0v) is 14.9. The molecule has 1 saturated carbocycles. The van der Waals surface area contributed by atoms with Crippen LogP contribution >= 0.6 is 11.3 Å². The van der Waals surface area contributed by atoms with Crippen LogP contribution in [0.5, 0.6) is 0 Å². The summed E-state index contributed by atoms with van der Waals surface area (Å²) in [7, 11) is 0. The summed E-state index contributed by atoms with van der Waals surface area (Å²) in [6, 6.07) is 9.75. The van der Waals surface area contributed by atoms with E-state index in [-0.39, 0.29) is 18.8 Å². The van der Waals surface area contributed by atoms with Crippen LogP contribution in [-0.4, -0.2) is 16.3 Å². The minimum Gasteiger partial charge on any atom is -0.387 e. The molecule has 136 valence electrons. The molecule has 2 nitrogen and oxygen atoms in total. The van der Waals surface area contributed by atoms with E-state index in [1.807, 2.05) is 37.3 Å². The molecule has 1 aromatic carbocycles. The molecule has 0 aliphatic heterocycles. The molecule has 1 heterocycles. The molecule has 1 N–H and O–H groups in total. The molecule has 0 bridgehead atoms. The van der Waals surface area contributed by atoms with Crippen molar-refractivity contribution in [3.8, 4) is 0 Å². The van der Waals surface area contributed by atoms with Gasteiger partial charge in [-0.2, -0.15) is 13.2 Å². The second-order valence-electron chi connectivity index (χ2n) is 6.80. The first-order chi connectivity index (χ1) is 11.8. The third-order valence-electron chi connectivity index (χ3n) is 4.96. The number of hydrogen-bond acceptors (Lipinski definition) is 3. The highest BCUT2D eigenvalue weighted by Crippen LogP contribution is 2.44. The maximum atomic E-state index is 12.8. The molecular formula is C19H22F3NOS. The molecule has 0 amide bonds. The molecule has 0 spiro atoms. The number of aromatic nitrogens is 1. The monoisotopic (exact) mass is 369 g/mol. The van der Waals surface area contributed by atoms with Crippen LogP contribution in [0, 0.1) is 12.8 Å². The molecule has 1 unspecified atom stereocenters. The molecule has 1 fully saturated rings. The van der Waals surface area contributed by atoms with Gasteiger partial charge in [0.2, 0.25) is 0 Å². The van der Waals surface area contributed by atoms with Gasteiger partial charge in [0.1, 0.15) is 0 Å². The first kappa shape index (κ1) is 18.4. The number of hydrogen-bond donors (Lipinski definition) is 1. The molecule has 2 aromatic rings. The summed E-state index contributed by atoms with van der Waals surface area (Å²) in [4.78, 5) is 5.39. The van der Waals surface area contributed by atoms with Gasteiger partial charge < -0.3 is 5.11 Å². The second kappa shape index (κ2) is 7.46. The molecule has 0 saturated heterocycles. The summed E-state index contributed by atoms with van der Waals surface area (Å²) in [5, 5.41) is 11.4. The highest BCUT2D eigenvalue weighted by molar-refractivity contribution is 7.11. The summed E-state index contributed by atoms with van der Waals surface area (Å²) in [5.74, 6) is -1.09. The highest BCUT2D eigenvalue weighted by Gasteiger charge is 2.42. The lowest BCUT2D eigenvalue weighted by atomic mass is 9.82. The zero-order valence-electron chi connectivity index (χ0n) is 14.1. The number of aliphatic hydroxyl groups is 1. The Bertz CT molecular complexity index is 690. The molecule has 1 aromatic heterocycles. The van der Waals surface area contributed by atoms with Crippen LogP contribution in [-0.2, 0) is 6.42 Å². The molecule has 1 aliphatic rings. The zero-order chi connectivity index (χ0) is 18.0. The molecule has 6 heteroatoms. The van der Waals surface area contributed by atoms with Gasteiger partial charge in [-0.15, -0.1) is 11.3 Å². The van der Waals surface area contributed by atoms with Crippen LogP contribution in [0.4, 0.5) is 13.2 Å². The number of aliphatic hydroxyl groups excluding tert-OH is 1. The summed E-state index contributed by atoms with van der Waals surface area (Å²) < 4.78 is 38.4. The van der Waals surface area contributed by atoms with Crippen molar-refractivity contribution in [2.24, 2.45) is 5.92 Å². The lowest BCUT2D eigenvalue weighted by Gasteiger charge is -2.28. The second-order valence-corrected chi connectivity index (χ2v) is 7.86. The van der Waals surface area contributed by atoms with E-state index in [2.05, 4.69) is 4.98 Å². The topological polar surface area (TPSA) is 33.1 Å². The van der Waals surface area contributed by atoms with Gasteiger partial charge in [-0.05, 0) is 38.2 Å². The smallest absolute Gasteiger partial charge is 0.387 e. The first-order valence-electron chi connectivity index (χ1n) is 8.60. The lowest BCUT2D eigenvalue weighted by molar-refractivity contribution is -0.182. The van der Waals surface area contributed by atoms with Gasteiger partial charge in [-0.3, -0.25) is 0 Å². The van der Waals surface area contributed by atoms with E-state index < -0.39 is 18.2 Å². The Morgan fingerprint density at radius 1 is 1.16 bits per heavy atom. The first-order valence-corrected chi connectivity index (χ1v) is 9.42. The quantitative estimate of drug-likeness (QED) is 0.765. The minimum absolute atomic E-state index is 0.0833. The fourth-order valence-corrected chi connectivity index (χ4v) is 4.73. The van der Waals surface area contributed by atoms with Crippen molar-refractivity contribution in [2.45, 2.75) is 57.2 Å². The van der Waals surface area contributed by atoms with Crippen molar-refractivity contribution in [1.29, 1.82) is 0 Å². The standard InChI is InChI=1S/C19H22F3NOS/c1-12-17(16(24)11-13-5-3-2-4-6-13)25-18(23-12)14-7-9-15(10-8-14)19(20,21)22/h2-6,14-16,24H,7-11H2,1H3. The van der Waals surface area contributed by atoms with Gasteiger partial charge in [0.05, 0.1) is 27.6 Å². The van der Waals surface area contributed by atoms with Crippen LogP contribution < -0.4 is 0 Å². The van der Waals surface area contributed by atoms with Crippen molar-refractivity contribution in [3.05, 3.63) is 51.5 Å². The van der Waals surface area contributed by atoms with E-state index in [1.165, 1.54) is 11.3 Å². The number of benzene rings is 1.